The van der Waals surface area contributed by atoms with E-state index in [1.165, 1.54) is 0 Å². The lowest BCUT2D eigenvalue weighted by Crippen LogP contribution is -2.28. The van der Waals surface area contributed by atoms with Crippen molar-refractivity contribution in [2.75, 3.05) is 6.61 Å². The molecule has 0 bridgehead atoms. The number of carbonyl (C=O) groups excluding carboxylic acids is 1. The predicted octanol–water partition coefficient (Wildman–Crippen LogP) is 3.61. The van der Waals surface area contributed by atoms with Crippen LogP contribution in [0.25, 0.3) is 0 Å². The van der Waals surface area contributed by atoms with E-state index in [1.807, 2.05) is 45.0 Å². The number of hydrogen-bond donors (Lipinski definition) is 1. The molecule has 1 aliphatic heterocycles. The molecule has 1 fully saturated rings. The van der Waals surface area contributed by atoms with Crippen LogP contribution in [0.5, 0.6) is 0 Å². The summed E-state index contributed by atoms with van der Waals surface area (Å²) in [7, 11) is 0. The van der Waals surface area contributed by atoms with Crippen molar-refractivity contribution >= 4 is 21.9 Å². The van der Waals surface area contributed by atoms with E-state index >= 15 is 0 Å². The second-order valence-electron chi connectivity index (χ2n) is 7.32. The molecule has 1 aliphatic rings. The van der Waals surface area contributed by atoms with Gasteiger partial charge in [0.15, 0.2) is 0 Å². The molecule has 1 N–H and O–H groups in total. The molecule has 140 valence electrons. The molecule has 1 heterocycles. The van der Waals surface area contributed by atoms with Crippen molar-refractivity contribution in [1.82, 2.24) is 0 Å². The molecule has 1 aromatic carbocycles. The highest BCUT2D eigenvalue weighted by Crippen LogP contribution is 2.31. The van der Waals surface area contributed by atoms with Gasteiger partial charge >= 0.3 is 5.97 Å². The van der Waals surface area contributed by atoms with Crippen LogP contribution < -0.4 is 0 Å². The first-order valence-corrected chi connectivity index (χ1v) is 9.41. The molecule has 1 saturated heterocycles. The Morgan fingerprint density at radius 3 is 2.64 bits per heavy atom. The minimum atomic E-state index is -0.802. The van der Waals surface area contributed by atoms with E-state index in [0.717, 1.165) is 22.9 Å². The lowest BCUT2D eigenvalue weighted by molar-refractivity contribution is -0.157. The molecule has 5 nitrogen and oxygen atoms in total. The summed E-state index contributed by atoms with van der Waals surface area (Å²) in [6, 6.07) is 8.04. The Bertz CT molecular complexity index is 552. The van der Waals surface area contributed by atoms with Crippen molar-refractivity contribution in [3.8, 4) is 0 Å². The fraction of sp³-hybridized carbons (Fsp3) is 0.632. The van der Waals surface area contributed by atoms with E-state index in [9.17, 15) is 9.90 Å². The minimum absolute atomic E-state index is 0.00807. The van der Waals surface area contributed by atoms with Crippen molar-refractivity contribution in [1.29, 1.82) is 0 Å². The zero-order chi connectivity index (χ0) is 18.4. The third-order valence-electron chi connectivity index (χ3n) is 3.76. The maximum atomic E-state index is 11.7. The van der Waals surface area contributed by atoms with Crippen molar-refractivity contribution in [2.24, 2.45) is 0 Å². The van der Waals surface area contributed by atoms with Crippen LogP contribution in [0.3, 0.4) is 0 Å². The monoisotopic (exact) mass is 414 g/mol. The predicted molar refractivity (Wildman–Crippen MR) is 98.2 cm³/mol. The highest BCUT2D eigenvalue weighted by atomic mass is 79.9. The van der Waals surface area contributed by atoms with Crippen molar-refractivity contribution in [2.45, 2.75) is 70.6 Å². The first kappa shape index (κ1) is 20.4. The first-order valence-electron chi connectivity index (χ1n) is 8.62. The highest BCUT2D eigenvalue weighted by Gasteiger charge is 2.44. The van der Waals surface area contributed by atoms with E-state index in [0.29, 0.717) is 13.2 Å². The Hall–Kier alpha value is -0.950. The standard InChI is InChI=1S/C19H27BrO5/c1-19(2,3)25-17(22)11-15(21)18-16(24-18)5-4-10-23-12-13-6-8-14(20)9-7-13/h6-9,15-16,18,21H,4-5,10-12H2,1-3H3/t15?,16-,18-/m1/s1. The Kier molecular flexibility index (Phi) is 7.43. The molecule has 0 radical (unpaired) electrons. The summed E-state index contributed by atoms with van der Waals surface area (Å²) in [4.78, 5) is 11.7. The number of epoxide rings is 1. The number of benzene rings is 1. The second kappa shape index (κ2) is 9.12. The van der Waals surface area contributed by atoms with Crippen LogP contribution in [-0.4, -0.2) is 41.6 Å². The second-order valence-corrected chi connectivity index (χ2v) is 8.23. The smallest absolute Gasteiger partial charge is 0.309 e. The number of aliphatic hydroxyl groups is 1. The summed E-state index contributed by atoms with van der Waals surface area (Å²) >= 11 is 3.40. The normalized spacial score (nSPS) is 21.0. The van der Waals surface area contributed by atoms with Crippen LogP contribution in [0.4, 0.5) is 0 Å². The molecule has 0 amide bonds. The summed E-state index contributed by atoms with van der Waals surface area (Å²) in [5.74, 6) is -0.396. The topological polar surface area (TPSA) is 68.3 Å². The van der Waals surface area contributed by atoms with Gasteiger partial charge in [-0.3, -0.25) is 4.79 Å². The lowest BCUT2D eigenvalue weighted by atomic mass is 10.1. The molecule has 3 atom stereocenters. The fourth-order valence-corrected chi connectivity index (χ4v) is 2.82. The maximum Gasteiger partial charge on any atom is 0.309 e. The van der Waals surface area contributed by atoms with Crippen molar-refractivity contribution in [3.63, 3.8) is 0 Å². The highest BCUT2D eigenvalue weighted by molar-refractivity contribution is 9.10. The fourth-order valence-electron chi connectivity index (χ4n) is 2.55. The molecular formula is C19H27BrO5. The average molecular weight is 415 g/mol. The zero-order valence-corrected chi connectivity index (χ0v) is 16.6. The Balaban J connectivity index is 1.55. The Morgan fingerprint density at radius 1 is 1.32 bits per heavy atom. The van der Waals surface area contributed by atoms with Gasteiger partial charge in [0, 0.05) is 11.1 Å². The van der Waals surface area contributed by atoms with Crippen LogP contribution in [0.1, 0.15) is 45.6 Å². The van der Waals surface area contributed by atoms with Crippen LogP contribution in [0, 0.1) is 0 Å². The maximum absolute atomic E-state index is 11.7. The van der Waals surface area contributed by atoms with Gasteiger partial charge in [-0.25, -0.2) is 0 Å². The molecular weight excluding hydrogens is 388 g/mol. The Labute approximate surface area is 157 Å². The quantitative estimate of drug-likeness (QED) is 0.379. The summed E-state index contributed by atoms with van der Waals surface area (Å²) in [5.41, 5.74) is 0.601. The summed E-state index contributed by atoms with van der Waals surface area (Å²) < 4.78 is 17.4. The van der Waals surface area contributed by atoms with Gasteiger partial charge in [-0.1, -0.05) is 28.1 Å². The third-order valence-corrected chi connectivity index (χ3v) is 4.28. The largest absolute Gasteiger partial charge is 0.460 e. The number of aliphatic hydroxyl groups excluding tert-OH is 1. The van der Waals surface area contributed by atoms with E-state index in [1.54, 1.807) is 0 Å². The van der Waals surface area contributed by atoms with Gasteiger partial charge in [0.25, 0.3) is 0 Å². The first-order chi connectivity index (χ1) is 11.7. The minimum Gasteiger partial charge on any atom is -0.460 e. The van der Waals surface area contributed by atoms with Gasteiger partial charge < -0.3 is 19.3 Å². The lowest BCUT2D eigenvalue weighted by Gasteiger charge is -2.20. The summed E-state index contributed by atoms with van der Waals surface area (Å²) in [5, 5.41) is 10.0. The van der Waals surface area contributed by atoms with Crippen LogP contribution in [0.15, 0.2) is 28.7 Å². The Morgan fingerprint density at radius 2 is 2.00 bits per heavy atom. The number of carbonyl (C=O) groups is 1. The van der Waals surface area contributed by atoms with Crippen molar-refractivity contribution in [3.05, 3.63) is 34.3 Å². The van der Waals surface area contributed by atoms with Gasteiger partial charge in [0.05, 0.1) is 25.2 Å². The molecule has 1 unspecified atom stereocenters. The van der Waals surface area contributed by atoms with E-state index in [-0.39, 0.29) is 18.6 Å². The molecule has 0 saturated carbocycles. The third kappa shape index (κ3) is 7.86. The molecule has 0 spiro atoms. The summed E-state index contributed by atoms with van der Waals surface area (Å²) in [6.07, 6.45) is 0.586. The summed E-state index contributed by atoms with van der Waals surface area (Å²) in [6.45, 7) is 6.65. The van der Waals surface area contributed by atoms with E-state index in [2.05, 4.69) is 15.9 Å². The average Bonchev–Trinajstić information content (AvgIpc) is 3.26. The van der Waals surface area contributed by atoms with Gasteiger partial charge in [-0.05, 0) is 51.3 Å². The van der Waals surface area contributed by atoms with Crippen molar-refractivity contribution < 1.29 is 24.1 Å². The molecule has 25 heavy (non-hydrogen) atoms. The molecule has 2 rings (SSSR count). The van der Waals surface area contributed by atoms with Gasteiger partial charge in [-0.15, -0.1) is 0 Å². The van der Waals surface area contributed by atoms with Gasteiger partial charge in [-0.2, -0.15) is 0 Å². The number of halogens is 1. The van der Waals surface area contributed by atoms with Crippen LogP contribution in [0.2, 0.25) is 0 Å². The molecule has 0 aromatic heterocycles. The number of rotatable bonds is 9. The molecule has 0 aliphatic carbocycles. The van der Waals surface area contributed by atoms with E-state index < -0.39 is 17.7 Å². The number of hydrogen-bond acceptors (Lipinski definition) is 5. The molecule has 6 heteroatoms. The van der Waals surface area contributed by atoms with Gasteiger partial charge in [0.1, 0.15) is 11.7 Å². The zero-order valence-electron chi connectivity index (χ0n) is 15.0. The number of esters is 1. The molecule has 1 aromatic rings. The van der Waals surface area contributed by atoms with Crippen LogP contribution >= 0.6 is 15.9 Å². The number of ether oxygens (including phenoxy) is 3. The van der Waals surface area contributed by atoms with Gasteiger partial charge in [0.2, 0.25) is 0 Å². The SMILES string of the molecule is CC(C)(C)OC(=O)CC(O)[C@H]1O[C@@H]1CCCOCc1ccc(Br)cc1. The van der Waals surface area contributed by atoms with Crippen LogP contribution in [-0.2, 0) is 25.6 Å². The van der Waals surface area contributed by atoms with E-state index in [4.69, 9.17) is 14.2 Å².